The third-order valence-electron chi connectivity index (χ3n) is 1.55. The Morgan fingerprint density at radius 2 is 2.45 bits per heavy atom. The molecule has 2 N–H and O–H groups in total. The maximum absolute atomic E-state index is 10.4. The third kappa shape index (κ3) is 1.68. The summed E-state index contributed by atoms with van der Waals surface area (Å²) < 4.78 is 0. The van der Waals surface area contributed by atoms with Crippen LogP contribution in [0.25, 0.3) is 0 Å². The van der Waals surface area contributed by atoms with Crippen LogP contribution in [0.5, 0.6) is 0 Å². The molecule has 0 aromatic heterocycles. The summed E-state index contributed by atoms with van der Waals surface area (Å²) in [6.45, 7) is 2.04. The minimum absolute atomic E-state index is 0.130. The van der Waals surface area contributed by atoms with Crippen LogP contribution < -0.4 is 0 Å². The van der Waals surface area contributed by atoms with E-state index in [9.17, 15) is 4.79 Å². The van der Waals surface area contributed by atoms with Crippen molar-refractivity contribution in [2.24, 2.45) is 4.99 Å². The van der Waals surface area contributed by atoms with E-state index in [1.807, 2.05) is 0 Å². The van der Waals surface area contributed by atoms with E-state index >= 15 is 0 Å². The molecule has 1 aliphatic heterocycles. The molecule has 1 amide bonds. The van der Waals surface area contributed by atoms with Gasteiger partial charge in [0.2, 0.25) is 0 Å². The Balaban J connectivity index is 2.71. The van der Waals surface area contributed by atoms with Crippen LogP contribution in [0.2, 0.25) is 0 Å². The van der Waals surface area contributed by atoms with Gasteiger partial charge in [-0.25, -0.2) is 4.79 Å². The largest absolute Gasteiger partial charge is 0.465 e. The van der Waals surface area contributed by atoms with Gasteiger partial charge in [0.25, 0.3) is 0 Å². The fraction of sp³-hybridized carbons (Fsp3) is 0.667. The number of amides is 1. The molecule has 0 spiro atoms. The van der Waals surface area contributed by atoms with Gasteiger partial charge in [-0.1, -0.05) is 0 Å². The number of hydrogen-bond acceptors (Lipinski definition) is 3. The lowest BCUT2D eigenvalue weighted by Gasteiger charge is -2.25. The van der Waals surface area contributed by atoms with E-state index in [0.717, 1.165) is 4.90 Å². The second-order valence-electron chi connectivity index (χ2n) is 2.43. The first-order valence-corrected chi connectivity index (χ1v) is 3.31. The number of amidine groups is 1. The van der Waals surface area contributed by atoms with Gasteiger partial charge >= 0.3 is 6.09 Å². The molecule has 11 heavy (non-hydrogen) atoms. The summed E-state index contributed by atoms with van der Waals surface area (Å²) in [7, 11) is 0. The van der Waals surface area contributed by atoms with Crippen molar-refractivity contribution < 1.29 is 15.0 Å². The maximum atomic E-state index is 10.4. The number of carbonyl (C=O) groups is 1. The smallest absolute Gasteiger partial charge is 0.412 e. The Bertz CT molecular complexity index is 202. The molecule has 62 valence electrons. The molecule has 1 aliphatic rings. The van der Waals surface area contributed by atoms with Gasteiger partial charge in [-0.15, -0.1) is 0 Å². The van der Waals surface area contributed by atoms with Crippen LogP contribution in [0.4, 0.5) is 4.79 Å². The molecule has 0 aromatic rings. The van der Waals surface area contributed by atoms with E-state index in [1.165, 1.54) is 0 Å². The monoisotopic (exact) mass is 158 g/mol. The highest BCUT2D eigenvalue weighted by molar-refractivity contribution is 5.93. The standard InChI is InChI=1S/C6H10N2O3/c1-4-7-2-5(9)3-8(4)6(10)11/h5,9H,2-3H2,1H3,(H,10,11). The van der Waals surface area contributed by atoms with Crippen molar-refractivity contribution in [3.8, 4) is 0 Å². The van der Waals surface area contributed by atoms with Gasteiger partial charge in [0, 0.05) is 0 Å². The van der Waals surface area contributed by atoms with E-state index in [-0.39, 0.29) is 6.54 Å². The molecule has 5 heteroatoms. The lowest BCUT2D eigenvalue weighted by molar-refractivity contribution is 0.120. The van der Waals surface area contributed by atoms with Gasteiger partial charge in [0.1, 0.15) is 5.84 Å². The van der Waals surface area contributed by atoms with Crippen molar-refractivity contribution in [1.82, 2.24) is 4.90 Å². The fourth-order valence-corrected chi connectivity index (χ4v) is 0.940. The summed E-state index contributed by atoms with van der Waals surface area (Å²) in [5, 5.41) is 17.6. The second kappa shape index (κ2) is 2.87. The number of carboxylic acid groups (broad SMARTS) is 1. The highest BCUT2D eigenvalue weighted by Crippen LogP contribution is 2.03. The Hall–Kier alpha value is -1.10. The molecule has 0 fully saturated rings. The number of nitrogens with zero attached hydrogens (tertiary/aromatic N) is 2. The minimum atomic E-state index is -1.06. The predicted molar refractivity (Wildman–Crippen MR) is 38.7 cm³/mol. The van der Waals surface area contributed by atoms with Gasteiger partial charge in [-0.3, -0.25) is 9.89 Å². The lowest BCUT2D eigenvalue weighted by Crippen LogP contribution is -2.44. The molecule has 1 unspecified atom stereocenters. The molecule has 0 saturated heterocycles. The SMILES string of the molecule is CC1=NCC(O)CN1C(=O)O. The van der Waals surface area contributed by atoms with Crippen LogP contribution in [-0.4, -0.2) is 46.2 Å². The molecule has 1 atom stereocenters. The lowest BCUT2D eigenvalue weighted by atomic mass is 10.3. The van der Waals surface area contributed by atoms with E-state index in [1.54, 1.807) is 6.92 Å². The van der Waals surface area contributed by atoms with Crippen molar-refractivity contribution in [3.63, 3.8) is 0 Å². The van der Waals surface area contributed by atoms with Gasteiger partial charge in [0.05, 0.1) is 19.2 Å². The van der Waals surface area contributed by atoms with Gasteiger partial charge < -0.3 is 10.2 Å². The molecule has 1 heterocycles. The third-order valence-corrected chi connectivity index (χ3v) is 1.55. The zero-order chi connectivity index (χ0) is 8.43. The second-order valence-corrected chi connectivity index (χ2v) is 2.43. The average molecular weight is 158 g/mol. The Morgan fingerprint density at radius 3 is 2.91 bits per heavy atom. The number of aliphatic hydroxyl groups is 1. The molecule has 0 aliphatic carbocycles. The van der Waals surface area contributed by atoms with Crippen molar-refractivity contribution >= 4 is 11.9 Å². The van der Waals surface area contributed by atoms with Crippen molar-refractivity contribution in [2.75, 3.05) is 13.1 Å². The zero-order valence-electron chi connectivity index (χ0n) is 6.19. The van der Waals surface area contributed by atoms with Gasteiger partial charge in [-0.05, 0) is 6.92 Å². The fourth-order valence-electron chi connectivity index (χ4n) is 0.940. The zero-order valence-corrected chi connectivity index (χ0v) is 6.19. The first-order valence-electron chi connectivity index (χ1n) is 3.31. The van der Waals surface area contributed by atoms with Crippen LogP contribution in [0.3, 0.4) is 0 Å². The molecular formula is C6H10N2O3. The molecule has 0 radical (unpaired) electrons. The predicted octanol–water partition coefficient (Wildman–Crippen LogP) is -0.241. The van der Waals surface area contributed by atoms with Crippen LogP contribution in [0.1, 0.15) is 6.92 Å². The highest BCUT2D eigenvalue weighted by Gasteiger charge is 2.22. The van der Waals surface area contributed by atoms with Crippen LogP contribution >= 0.6 is 0 Å². The first kappa shape index (κ1) is 8.00. The number of hydrogen-bond donors (Lipinski definition) is 2. The molecule has 1 rings (SSSR count). The van der Waals surface area contributed by atoms with E-state index in [0.29, 0.717) is 12.4 Å². The molecule has 5 nitrogen and oxygen atoms in total. The van der Waals surface area contributed by atoms with Gasteiger partial charge in [0.15, 0.2) is 0 Å². The summed E-state index contributed by atoms with van der Waals surface area (Å²) in [4.78, 5) is 15.3. The van der Waals surface area contributed by atoms with Crippen molar-refractivity contribution in [2.45, 2.75) is 13.0 Å². The van der Waals surface area contributed by atoms with E-state index in [2.05, 4.69) is 4.99 Å². The highest BCUT2D eigenvalue weighted by atomic mass is 16.4. The molecule has 0 saturated carbocycles. The number of aliphatic imine (C=N–C) groups is 1. The van der Waals surface area contributed by atoms with Crippen molar-refractivity contribution in [1.29, 1.82) is 0 Å². The molecule has 0 bridgehead atoms. The Kier molecular flexibility index (Phi) is 2.09. The minimum Gasteiger partial charge on any atom is -0.465 e. The van der Waals surface area contributed by atoms with Gasteiger partial charge in [-0.2, -0.15) is 0 Å². The average Bonchev–Trinajstić information content (AvgIpc) is 1.94. The number of β-amino-alcohol motifs (C(OH)–C–C–N with tert-alkyl or cyclic N) is 1. The topological polar surface area (TPSA) is 73.1 Å². The van der Waals surface area contributed by atoms with Crippen LogP contribution in [0.15, 0.2) is 4.99 Å². The summed E-state index contributed by atoms with van der Waals surface area (Å²) in [6.07, 6.45) is -1.72. The summed E-state index contributed by atoms with van der Waals surface area (Å²) in [5.41, 5.74) is 0. The Morgan fingerprint density at radius 1 is 1.82 bits per heavy atom. The maximum Gasteiger partial charge on any atom is 0.412 e. The molecular weight excluding hydrogens is 148 g/mol. The first-order chi connectivity index (χ1) is 5.11. The number of rotatable bonds is 0. The van der Waals surface area contributed by atoms with Crippen molar-refractivity contribution in [3.05, 3.63) is 0 Å². The summed E-state index contributed by atoms with van der Waals surface area (Å²) in [5.74, 6) is 0.447. The van der Waals surface area contributed by atoms with E-state index < -0.39 is 12.2 Å². The van der Waals surface area contributed by atoms with Crippen LogP contribution in [-0.2, 0) is 0 Å². The normalized spacial score (nSPS) is 24.7. The number of aliphatic hydroxyl groups excluding tert-OH is 1. The van der Waals surface area contributed by atoms with Crippen LogP contribution in [0, 0.1) is 0 Å². The summed E-state index contributed by atoms with van der Waals surface area (Å²) in [6, 6.07) is 0. The molecule has 0 aromatic carbocycles. The summed E-state index contributed by atoms with van der Waals surface area (Å²) >= 11 is 0. The quantitative estimate of drug-likeness (QED) is 0.511. The van der Waals surface area contributed by atoms with E-state index in [4.69, 9.17) is 10.2 Å². The Labute approximate surface area is 64.0 Å².